The van der Waals surface area contributed by atoms with Crippen LogP contribution in [0.1, 0.15) is 11.1 Å². The van der Waals surface area contributed by atoms with Crippen LogP contribution in [0, 0.1) is 0 Å². The average Bonchev–Trinajstić information content (AvgIpc) is 2.50. The first-order chi connectivity index (χ1) is 10.1. The molecular formula is C16H14Cl2N2O. The van der Waals surface area contributed by atoms with Gasteiger partial charge in [0, 0.05) is 12.2 Å². The summed E-state index contributed by atoms with van der Waals surface area (Å²) < 4.78 is 0. The molecule has 1 aliphatic rings. The lowest BCUT2D eigenvalue weighted by atomic mass is 9.95. The molecule has 1 atom stereocenters. The minimum absolute atomic E-state index is 0.0668. The van der Waals surface area contributed by atoms with Gasteiger partial charge in [0.1, 0.15) is 0 Å². The molecule has 3 rings (SSSR count). The van der Waals surface area contributed by atoms with E-state index in [-0.39, 0.29) is 11.9 Å². The molecule has 1 aliphatic heterocycles. The molecule has 1 heterocycles. The molecule has 2 N–H and O–H groups in total. The Morgan fingerprint density at radius 3 is 2.62 bits per heavy atom. The number of anilines is 1. The number of halogens is 2. The van der Waals surface area contributed by atoms with E-state index in [1.54, 1.807) is 18.2 Å². The number of fused-ring (bicyclic) bond motifs is 1. The number of amides is 1. The number of nitrogens with one attached hydrogen (secondary N) is 2. The Bertz CT molecular complexity index is 688. The van der Waals surface area contributed by atoms with Crippen LogP contribution >= 0.6 is 23.2 Å². The van der Waals surface area contributed by atoms with Gasteiger partial charge in [-0.3, -0.25) is 4.79 Å². The highest BCUT2D eigenvalue weighted by Gasteiger charge is 2.23. The minimum Gasteiger partial charge on any atom is -0.325 e. The summed E-state index contributed by atoms with van der Waals surface area (Å²) in [5, 5.41) is 7.02. The van der Waals surface area contributed by atoms with Gasteiger partial charge in [-0.05, 0) is 35.7 Å². The summed E-state index contributed by atoms with van der Waals surface area (Å²) in [6.07, 6.45) is 0.684. The molecule has 2 aromatic rings. The summed E-state index contributed by atoms with van der Waals surface area (Å²) in [6.45, 7) is 0.704. The molecule has 21 heavy (non-hydrogen) atoms. The van der Waals surface area contributed by atoms with Crippen LogP contribution in [0.3, 0.4) is 0 Å². The summed E-state index contributed by atoms with van der Waals surface area (Å²) in [7, 11) is 0. The van der Waals surface area contributed by atoms with Gasteiger partial charge in [-0.1, -0.05) is 47.5 Å². The first kappa shape index (κ1) is 14.4. The number of carbonyl (C=O) groups is 1. The van der Waals surface area contributed by atoms with Gasteiger partial charge in [0.2, 0.25) is 5.91 Å². The van der Waals surface area contributed by atoms with E-state index in [4.69, 9.17) is 23.2 Å². The fraction of sp³-hybridized carbons (Fsp3) is 0.188. The maximum absolute atomic E-state index is 12.3. The van der Waals surface area contributed by atoms with Gasteiger partial charge in [0.25, 0.3) is 0 Å². The second-order valence-electron chi connectivity index (χ2n) is 5.02. The third-order valence-electron chi connectivity index (χ3n) is 3.58. The minimum atomic E-state index is -0.241. The second kappa shape index (κ2) is 6.06. The molecule has 5 heteroatoms. The highest BCUT2D eigenvalue weighted by atomic mass is 35.5. The van der Waals surface area contributed by atoms with Crippen molar-refractivity contribution >= 4 is 34.8 Å². The summed E-state index contributed by atoms with van der Waals surface area (Å²) in [6, 6.07) is 13.0. The van der Waals surface area contributed by atoms with Crippen LogP contribution in [-0.4, -0.2) is 11.9 Å². The SMILES string of the molecule is O=C(Nc1ccc(Cl)c(Cl)c1)[C@@H]1Cc2ccccc2CN1. The Labute approximate surface area is 133 Å². The van der Waals surface area contributed by atoms with Gasteiger partial charge in [-0.2, -0.15) is 0 Å². The molecular weight excluding hydrogens is 307 g/mol. The zero-order valence-corrected chi connectivity index (χ0v) is 12.7. The van der Waals surface area contributed by atoms with Gasteiger partial charge in [0.05, 0.1) is 16.1 Å². The molecule has 108 valence electrons. The van der Waals surface area contributed by atoms with Crippen molar-refractivity contribution in [1.82, 2.24) is 5.32 Å². The highest BCUT2D eigenvalue weighted by Crippen LogP contribution is 2.25. The molecule has 3 nitrogen and oxygen atoms in total. The predicted molar refractivity (Wildman–Crippen MR) is 85.9 cm³/mol. The summed E-state index contributed by atoms with van der Waals surface area (Å²) >= 11 is 11.8. The monoisotopic (exact) mass is 320 g/mol. The number of hydrogen-bond acceptors (Lipinski definition) is 2. The normalized spacial score (nSPS) is 17.1. The van der Waals surface area contributed by atoms with Crippen LogP contribution < -0.4 is 10.6 Å². The van der Waals surface area contributed by atoms with E-state index in [1.165, 1.54) is 11.1 Å². The zero-order chi connectivity index (χ0) is 14.8. The van der Waals surface area contributed by atoms with E-state index < -0.39 is 0 Å². The quantitative estimate of drug-likeness (QED) is 0.886. The van der Waals surface area contributed by atoms with Gasteiger partial charge in [-0.15, -0.1) is 0 Å². The number of rotatable bonds is 2. The van der Waals surface area contributed by atoms with Crippen LogP contribution in [0.2, 0.25) is 10.0 Å². The third-order valence-corrected chi connectivity index (χ3v) is 4.32. The predicted octanol–water partition coefficient (Wildman–Crippen LogP) is 3.65. The van der Waals surface area contributed by atoms with E-state index in [0.29, 0.717) is 28.7 Å². The van der Waals surface area contributed by atoms with Crippen molar-refractivity contribution in [2.24, 2.45) is 0 Å². The second-order valence-corrected chi connectivity index (χ2v) is 5.84. The Hall–Kier alpha value is -1.55. The van der Waals surface area contributed by atoms with Crippen molar-refractivity contribution in [3.8, 4) is 0 Å². The Balaban J connectivity index is 1.70. The topological polar surface area (TPSA) is 41.1 Å². The van der Waals surface area contributed by atoms with E-state index in [1.807, 2.05) is 12.1 Å². The van der Waals surface area contributed by atoms with E-state index >= 15 is 0 Å². The highest BCUT2D eigenvalue weighted by molar-refractivity contribution is 6.42. The molecule has 0 radical (unpaired) electrons. The molecule has 0 unspecified atom stereocenters. The van der Waals surface area contributed by atoms with Crippen molar-refractivity contribution in [1.29, 1.82) is 0 Å². The molecule has 2 aromatic carbocycles. The van der Waals surface area contributed by atoms with Crippen molar-refractivity contribution in [2.45, 2.75) is 19.0 Å². The van der Waals surface area contributed by atoms with Gasteiger partial charge < -0.3 is 10.6 Å². The molecule has 0 spiro atoms. The van der Waals surface area contributed by atoms with Gasteiger partial charge >= 0.3 is 0 Å². The van der Waals surface area contributed by atoms with Gasteiger partial charge in [-0.25, -0.2) is 0 Å². The zero-order valence-electron chi connectivity index (χ0n) is 11.2. The van der Waals surface area contributed by atoms with Crippen molar-refractivity contribution in [3.05, 3.63) is 63.6 Å². The Kier molecular flexibility index (Phi) is 4.15. The van der Waals surface area contributed by atoms with E-state index in [2.05, 4.69) is 22.8 Å². The lowest BCUT2D eigenvalue weighted by molar-refractivity contribution is -0.118. The number of carbonyl (C=O) groups excluding carboxylic acids is 1. The third kappa shape index (κ3) is 3.21. The van der Waals surface area contributed by atoms with Gasteiger partial charge in [0.15, 0.2) is 0 Å². The van der Waals surface area contributed by atoms with Crippen LogP contribution in [0.5, 0.6) is 0 Å². The van der Waals surface area contributed by atoms with Crippen molar-refractivity contribution in [2.75, 3.05) is 5.32 Å². The Morgan fingerprint density at radius 1 is 1.10 bits per heavy atom. The van der Waals surface area contributed by atoms with Crippen molar-refractivity contribution < 1.29 is 4.79 Å². The van der Waals surface area contributed by atoms with Crippen LogP contribution in [0.25, 0.3) is 0 Å². The molecule has 1 amide bonds. The number of benzene rings is 2. The first-order valence-electron chi connectivity index (χ1n) is 6.69. The van der Waals surface area contributed by atoms with Crippen LogP contribution in [-0.2, 0) is 17.8 Å². The largest absolute Gasteiger partial charge is 0.325 e. The molecule has 0 bridgehead atoms. The summed E-state index contributed by atoms with van der Waals surface area (Å²) in [4.78, 5) is 12.3. The fourth-order valence-corrected chi connectivity index (χ4v) is 2.74. The molecule has 0 fully saturated rings. The maximum Gasteiger partial charge on any atom is 0.241 e. The first-order valence-corrected chi connectivity index (χ1v) is 7.45. The van der Waals surface area contributed by atoms with Crippen LogP contribution in [0.15, 0.2) is 42.5 Å². The lowest BCUT2D eigenvalue weighted by Gasteiger charge is -2.25. The maximum atomic E-state index is 12.3. The molecule has 0 saturated carbocycles. The fourth-order valence-electron chi connectivity index (χ4n) is 2.44. The van der Waals surface area contributed by atoms with E-state index in [9.17, 15) is 4.79 Å². The lowest BCUT2D eigenvalue weighted by Crippen LogP contribution is -2.44. The number of hydrogen-bond donors (Lipinski definition) is 2. The van der Waals surface area contributed by atoms with Crippen molar-refractivity contribution in [3.63, 3.8) is 0 Å². The molecule has 0 aliphatic carbocycles. The summed E-state index contributed by atoms with van der Waals surface area (Å²) in [5.41, 5.74) is 3.11. The van der Waals surface area contributed by atoms with E-state index in [0.717, 1.165) is 0 Å². The van der Waals surface area contributed by atoms with Crippen LogP contribution in [0.4, 0.5) is 5.69 Å². The molecule has 0 aromatic heterocycles. The Morgan fingerprint density at radius 2 is 1.86 bits per heavy atom. The smallest absolute Gasteiger partial charge is 0.241 e. The molecule has 0 saturated heterocycles. The average molecular weight is 321 g/mol. The standard InChI is InChI=1S/C16H14Cl2N2O/c17-13-6-5-12(8-14(13)18)20-16(21)15-7-10-3-1-2-4-11(10)9-19-15/h1-6,8,15,19H,7,9H2,(H,20,21)/t15-/m0/s1. The summed E-state index contributed by atoms with van der Waals surface area (Å²) in [5.74, 6) is -0.0668.